The Labute approximate surface area is 214 Å². The zero-order chi connectivity index (χ0) is 25.1. The van der Waals surface area contributed by atoms with Crippen molar-refractivity contribution < 1.29 is 19.4 Å². The summed E-state index contributed by atoms with van der Waals surface area (Å²) in [5, 5.41) is 13.5. The van der Waals surface area contributed by atoms with Gasteiger partial charge in [-0.2, -0.15) is 0 Å². The third-order valence-corrected chi connectivity index (χ3v) is 7.73. The molecule has 2 fully saturated rings. The zero-order valence-corrected chi connectivity index (χ0v) is 21.5. The van der Waals surface area contributed by atoms with Crippen LogP contribution in [0.25, 0.3) is 0 Å². The van der Waals surface area contributed by atoms with Gasteiger partial charge >= 0.3 is 5.97 Å². The van der Waals surface area contributed by atoms with E-state index in [2.05, 4.69) is 24.4 Å². The third-order valence-electron chi connectivity index (χ3n) is 7.73. The molecule has 194 valence electrons. The first-order valence-electron chi connectivity index (χ1n) is 13.5. The number of rotatable bonds is 12. The number of ether oxygens (including phenoxy) is 2. The summed E-state index contributed by atoms with van der Waals surface area (Å²) >= 11 is 0. The number of hydrogen-bond acceptors (Lipinski definition) is 6. The second-order valence-corrected chi connectivity index (χ2v) is 10.7. The van der Waals surface area contributed by atoms with Gasteiger partial charge in [0.05, 0.1) is 13.2 Å². The highest BCUT2D eigenvalue weighted by Gasteiger charge is 2.41. The molecule has 0 bridgehead atoms. The van der Waals surface area contributed by atoms with Gasteiger partial charge in [0.1, 0.15) is 17.6 Å². The Hall–Kier alpha value is -2.64. The number of carboxylic acid groups (broad SMARTS) is 1. The van der Waals surface area contributed by atoms with Crippen molar-refractivity contribution in [1.29, 1.82) is 0 Å². The lowest BCUT2D eigenvalue weighted by atomic mass is 9.93. The topological polar surface area (TPSA) is 83.9 Å². The number of benzene rings is 1. The molecule has 3 heterocycles. The zero-order valence-electron chi connectivity index (χ0n) is 21.5. The van der Waals surface area contributed by atoms with Crippen molar-refractivity contribution in [3.8, 4) is 5.75 Å². The minimum absolute atomic E-state index is 0.109. The van der Waals surface area contributed by atoms with Crippen LogP contribution < -0.4 is 10.1 Å². The molecule has 1 aromatic carbocycles. The highest BCUT2D eigenvalue weighted by molar-refractivity contribution is 5.77. The number of carboxylic acids is 1. The molecule has 2 aliphatic heterocycles. The van der Waals surface area contributed by atoms with E-state index in [1.54, 1.807) is 7.11 Å². The number of hydrogen-bond donors (Lipinski definition) is 2. The number of carbonyl (C=O) groups is 1. The van der Waals surface area contributed by atoms with Crippen LogP contribution in [0.15, 0.2) is 30.3 Å². The standard InChI is InChI=1S/C29H39N3O4/c1-19-15-21-12-13-22(31-28(21)30-16-19)7-4-3-5-14-36-23-17-32(18-23)27(29(33)34)24-8-6-9-25(35-2)26(24)20-10-11-20/h6,8-9,12-13,19-20,23,27H,3-5,7,10-11,14-18H2,1-2H3,(H,30,31)(H,33,34). The number of fused-ring (bicyclic) bond motifs is 1. The molecule has 5 rings (SSSR count). The van der Waals surface area contributed by atoms with Gasteiger partial charge in [-0.25, -0.2) is 4.98 Å². The Kier molecular flexibility index (Phi) is 7.77. The molecule has 7 heteroatoms. The van der Waals surface area contributed by atoms with E-state index in [1.807, 2.05) is 23.1 Å². The molecular formula is C29H39N3O4. The first-order chi connectivity index (χ1) is 17.5. The maximum absolute atomic E-state index is 12.2. The first kappa shape index (κ1) is 25.0. The summed E-state index contributed by atoms with van der Waals surface area (Å²) in [4.78, 5) is 19.1. The fourth-order valence-electron chi connectivity index (χ4n) is 5.60. The first-order valence-corrected chi connectivity index (χ1v) is 13.5. The van der Waals surface area contributed by atoms with Crippen molar-refractivity contribution in [2.45, 2.75) is 69.9 Å². The Morgan fingerprint density at radius 3 is 2.78 bits per heavy atom. The van der Waals surface area contributed by atoms with Crippen LogP contribution in [-0.2, 0) is 22.4 Å². The van der Waals surface area contributed by atoms with Gasteiger partial charge in [-0.3, -0.25) is 9.69 Å². The van der Waals surface area contributed by atoms with Crippen LogP contribution in [0.4, 0.5) is 5.82 Å². The summed E-state index contributed by atoms with van der Waals surface area (Å²) in [6.45, 7) is 5.31. The van der Waals surface area contributed by atoms with Crippen molar-refractivity contribution in [1.82, 2.24) is 9.88 Å². The average molecular weight is 494 g/mol. The number of aromatic nitrogens is 1. The number of aryl methyl sites for hydroxylation is 1. The van der Waals surface area contributed by atoms with E-state index in [0.29, 0.717) is 24.9 Å². The SMILES string of the molecule is COc1cccc(C(C(=O)O)N2CC(OCCCCCc3ccc4c(n3)NCC(C)C4)C2)c1C1CC1. The average Bonchev–Trinajstić information content (AvgIpc) is 3.69. The van der Waals surface area contributed by atoms with Gasteiger partial charge in [0.15, 0.2) is 0 Å². The van der Waals surface area contributed by atoms with Gasteiger partial charge < -0.3 is 19.9 Å². The molecule has 1 aromatic heterocycles. The number of pyridine rings is 1. The van der Waals surface area contributed by atoms with E-state index in [9.17, 15) is 9.90 Å². The fraction of sp³-hybridized carbons (Fsp3) is 0.586. The molecule has 1 saturated carbocycles. The van der Waals surface area contributed by atoms with Crippen molar-refractivity contribution in [2.75, 3.05) is 38.7 Å². The van der Waals surface area contributed by atoms with E-state index in [0.717, 1.165) is 86.5 Å². The van der Waals surface area contributed by atoms with Gasteiger partial charge in [0.25, 0.3) is 0 Å². The van der Waals surface area contributed by atoms with Gasteiger partial charge in [0, 0.05) is 37.5 Å². The van der Waals surface area contributed by atoms with Crippen LogP contribution in [0.5, 0.6) is 5.75 Å². The van der Waals surface area contributed by atoms with Crippen molar-refractivity contribution in [3.63, 3.8) is 0 Å². The van der Waals surface area contributed by atoms with E-state index in [-0.39, 0.29) is 6.10 Å². The maximum Gasteiger partial charge on any atom is 0.325 e. The van der Waals surface area contributed by atoms with Gasteiger partial charge in [0.2, 0.25) is 0 Å². The Morgan fingerprint density at radius 1 is 1.19 bits per heavy atom. The number of nitrogens with one attached hydrogen (secondary N) is 1. The van der Waals surface area contributed by atoms with Crippen LogP contribution in [0.2, 0.25) is 0 Å². The second-order valence-electron chi connectivity index (χ2n) is 10.7. The third kappa shape index (κ3) is 5.68. The number of anilines is 1. The fourth-order valence-corrected chi connectivity index (χ4v) is 5.60. The largest absolute Gasteiger partial charge is 0.496 e. The van der Waals surface area contributed by atoms with Crippen molar-refractivity contribution in [2.24, 2.45) is 5.92 Å². The minimum atomic E-state index is -0.802. The summed E-state index contributed by atoms with van der Waals surface area (Å²) in [6, 6.07) is 9.56. The molecule has 0 amide bonds. The predicted molar refractivity (Wildman–Crippen MR) is 140 cm³/mol. The summed E-state index contributed by atoms with van der Waals surface area (Å²) < 4.78 is 11.6. The molecule has 0 radical (unpaired) electrons. The Balaban J connectivity index is 1.04. The van der Waals surface area contributed by atoms with Gasteiger partial charge in [-0.15, -0.1) is 0 Å². The lowest BCUT2D eigenvalue weighted by Gasteiger charge is -2.43. The number of methoxy groups -OCH3 is 1. The van der Waals surface area contributed by atoms with Gasteiger partial charge in [-0.05, 0) is 73.6 Å². The number of nitrogens with zero attached hydrogens (tertiary/aromatic N) is 2. The van der Waals surface area contributed by atoms with Crippen LogP contribution in [0.3, 0.4) is 0 Å². The molecule has 7 nitrogen and oxygen atoms in total. The summed E-state index contributed by atoms with van der Waals surface area (Å²) in [7, 11) is 1.66. The van der Waals surface area contributed by atoms with E-state index in [1.165, 1.54) is 5.56 Å². The van der Waals surface area contributed by atoms with Crippen molar-refractivity contribution >= 4 is 11.8 Å². The summed E-state index contributed by atoms with van der Waals surface area (Å²) in [5.74, 6) is 2.17. The Bertz CT molecular complexity index is 1060. The van der Waals surface area contributed by atoms with E-state index in [4.69, 9.17) is 14.5 Å². The molecule has 2 atom stereocenters. The Morgan fingerprint density at radius 2 is 2.03 bits per heavy atom. The lowest BCUT2D eigenvalue weighted by molar-refractivity contribution is -0.151. The van der Waals surface area contributed by atoms with Crippen LogP contribution in [0, 0.1) is 5.92 Å². The predicted octanol–water partition coefficient (Wildman–Crippen LogP) is 4.81. The molecule has 2 aromatic rings. The quantitative estimate of drug-likeness (QED) is 0.411. The summed E-state index contributed by atoms with van der Waals surface area (Å²) in [6.07, 6.45) is 7.63. The molecule has 2 unspecified atom stereocenters. The number of aliphatic carboxylic acids is 1. The molecular weight excluding hydrogens is 454 g/mol. The highest BCUT2D eigenvalue weighted by Crippen LogP contribution is 2.48. The molecule has 0 spiro atoms. The minimum Gasteiger partial charge on any atom is -0.496 e. The van der Waals surface area contributed by atoms with Crippen LogP contribution in [-0.4, -0.2) is 60.4 Å². The normalized spacial score (nSPS) is 20.8. The maximum atomic E-state index is 12.2. The summed E-state index contributed by atoms with van der Waals surface area (Å²) in [5.41, 5.74) is 4.45. The molecule has 3 aliphatic rings. The monoisotopic (exact) mass is 493 g/mol. The number of unbranched alkanes of at least 4 members (excludes halogenated alkanes) is 2. The second kappa shape index (κ2) is 11.2. The van der Waals surface area contributed by atoms with Crippen LogP contribution in [0.1, 0.15) is 73.4 Å². The number of likely N-dealkylation sites (tertiary alicyclic amines) is 1. The molecule has 1 saturated heterocycles. The van der Waals surface area contributed by atoms with Gasteiger partial charge in [-0.1, -0.05) is 31.5 Å². The molecule has 36 heavy (non-hydrogen) atoms. The molecule has 1 aliphatic carbocycles. The van der Waals surface area contributed by atoms with E-state index >= 15 is 0 Å². The highest BCUT2D eigenvalue weighted by atomic mass is 16.5. The van der Waals surface area contributed by atoms with Crippen molar-refractivity contribution in [3.05, 3.63) is 52.7 Å². The van der Waals surface area contributed by atoms with Crippen LogP contribution >= 0.6 is 0 Å². The lowest BCUT2D eigenvalue weighted by Crippen LogP contribution is -2.55. The smallest absolute Gasteiger partial charge is 0.325 e. The van der Waals surface area contributed by atoms with E-state index < -0.39 is 12.0 Å². The molecule has 2 N–H and O–H groups in total.